The molecule has 2 aromatic carbocycles. The van der Waals surface area contributed by atoms with Gasteiger partial charge in [0.2, 0.25) is 5.91 Å². The Bertz CT molecular complexity index is 1200. The fourth-order valence-corrected chi connectivity index (χ4v) is 4.63. The lowest BCUT2D eigenvalue weighted by molar-refractivity contribution is -0.122. The smallest absolute Gasteiger partial charge is 0.222 e. The molecule has 0 radical (unpaired) electrons. The van der Waals surface area contributed by atoms with Crippen LogP contribution in [0, 0.1) is 5.92 Å². The van der Waals surface area contributed by atoms with Gasteiger partial charge in [0, 0.05) is 24.4 Å². The maximum atomic E-state index is 12.7. The van der Waals surface area contributed by atoms with Crippen LogP contribution < -0.4 is 5.32 Å². The number of aromatic nitrogens is 3. The van der Waals surface area contributed by atoms with Crippen LogP contribution in [0.2, 0.25) is 0 Å². The molecular weight excluding hydrogens is 360 g/mol. The van der Waals surface area contributed by atoms with Crippen molar-refractivity contribution < 1.29 is 4.79 Å². The van der Waals surface area contributed by atoms with E-state index in [0.717, 1.165) is 39.5 Å². The summed E-state index contributed by atoms with van der Waals surface area (Å²) in [5, 5.41) is 4.35. The standard InChI is InChI=1S/C24H26N4O/c1-16-8-2-4-10-18(16)25-22(29)14-15-28-21-13-7-3-9-17(21)23-24(28)27-20-12-6-5-11-19(20)26-23/h3,5-7,9,11-13,16,18H,2,4,8,10,14-15H2,1H3,(H,25,29). The molecule has 0 bridgehead atoms. The summed E-state index contributed by atoms with van der Waals surface area (Å²) in [5.41, 5.74) is 4.61. The Hall–Kier alpha value is -2.95. The number of rotatable bonds is 4. The molecule has 1 aliphatic rings. The van der Waals surface area contributed by atoms with Crippen LogP contribution in [0.3, 0.4) is 0 Å². The molecule has 0 saturated heterocycles. The first-order valence-corrected chi connectivity index (χ1v) is 10.6. The van der Waals surface area contributed by atoms with E-state index in [1.54, 1.807) is 0 Å². The molecule has 1 saturated carbocycles. The maximum absolute atomic E-state index is 12.7. The van der Waals surface area contributed by atoms with E-state index >= 15 is 0 Å². The lowest BCUT2D eigenvalue weighted by Gasteiger charge is -2.29. The van der Waals surface area contributed by atoms with Crippen LogP contribution in [-0.4, -0.2) is 26.5 Å². The van der Waals surface area contributed by atoms with Gasteiger partial charge < -0.3 is 9.88 Å². The second-order valence-electron chi connectivity index (χ2n) is 8.24. The van der Waals surface area contributed by atoms with Gasteiger partial charge in [0.05, 0.1) is 16.6 Å². The molecule has 148 valence electrons. The van der Waals surface area contributed by atoms with E-state index in [2.05, 4.69) is 28.9 Å². The van der Waals surface area contributed by atoms with E-state index in [-0.39, 0.29) is 5.91 Å². The van der Waals surface area contributed by atoms with Crippen molar-refractivity contribution in [3.05, 3.63) is 48.5 Å². The Balaban J connectivity index is 1.47. The average molecular weight is 386 g/mol. The number of amides is 1. The zero-order valence-corrected chi connectivity index (χ0v) is 16.8. The Morgan fingerprint density at radius 2 is 1.76 bits per heavy atom. The normalized spacial score (nSPS) is 19.8. The predicted molar refractivity (Wildman–Crippen MR) is 117 cm³/mol. The quantitative estimate of drug-likeness (QED) is 0.547. The Kier molecular flexibility index (Phi) is 4.66. The van der Waals surface area contributed by atoms with Crippen LogP contribution in [0.15, 0.2) is 48.5 Å². The van der Waals surface area contributed by atoms with Crippen LogP contribution in [0.5, 0.6) is 0 Å². The molecule has 1 N–H and O–H groups in total. The third kappa shape index (κ3) is 3.35. The van der Waals surface area contributed by atoms with E-state index < -0.39 is 0 Å². The molecule has 2 atom stereocenters. The third-order valence-electron chi connectivity index (χ3n) is 6.28. The van der Waals surface area contributed by atoms with Crippen molar-refractivity contribution in [3.8, 4) is 0 Å². The molecule has 1 aliphatic carbocycles. The highest BCUT2D eigenvalue weighted by atomic mass is 16.1. The number of benzene rings is 2. The number of carbonyl (C=O) groups excluding carboxylic acids is 1. The first-order chi connectivity index (χ1) is 14.2. The maximum Gasteiger partial charge on any atom is 0.222 e. The van der Waals surface area contributed by atoms with Gasteiger partial charge in [-0.05, 0) is 37.0 Å². The van der Waals surface area contributed by atoms with Crippen LogP contribution >= 0.6 is 0 Å². The van der Waals surface area contributed by atoms with Crippen molar-refractivity contribution in [2.24, 2.45) is 5.92 Å². The van der Waals surface area contributed by atoms with E-state index in [4.69, 9.17) is 9.97 Å². The first-order valence-electron chi connectivity index (χ1n) is 10.6. The topological polar surface area (TPSA) is 59.8 Å². The largest absolute Gasteiger partial charge is 0.353 e. The summed E-state index contributed by atoms with van der Waals surface area (Å²) in [4.78, 5) is 22.4. The minimum Gasteiger partial charge on any atom is -0.353 e. The SMILES string of the molecule is CC1CCCCC1NC(=O)CCn1c2ccccc2c2nc3ccccc3nc21. The zero-order valence-electron chi connectivity index (χ0n) is 16.8. The molecule has 2 unspecified atom stereocenters. The van der Waals surface area contributed by atoms with Gasteiger partial charge in [-0.15, -0.1) is 0 Å². The van der Waals surface area contributed by atoms with Crippen molar-refractivity contribution in [1.29, 1.82) is 0 Å². The molecule has 4 aromatic rings. The number of hydrogen-bond donors (Lipinski definition) is 1. The molecule has 5 heteroatoms. The summed E-state index contributed by atoms with van der Waals surface area (Å²) in [6.45, 7) is 2.85. The number of para-hydroxylation sites is 3. The highest BCUT2D eigenvalue weighted by molar-refractivity contribution is 6.06. The van der Waals surface area contributed by atoms with Crippen molar-refractivity contribution in [1.82, 2.24) is 19.9 Å². The molecule has 5 nitrogen and oxygen atoms in total. The summed E-state index contributed by atoms with van der Waals surface area (Å²) in [5.74, 6) is 0.696. The van der Waals surface area contributed by atoms with E-state index in [1.165, 1.54) is 19.3 Å². The van der Waals surface area contributed by atoms with E-state index in [9.17, 15) is 4.79 Å². The summed E-state index contributed by atoms with van der Waals surface area (Å²) in [6.07, 6.45) is 5.25. The minimum atomic E-state index is 0.128. The summed E-state index contributed by atoms with van der Waals surface area (Å²) in [7, 11) is 0. The number of nitrogens with zero attached hydrogens (tertiary/aromatic N) is 3. The summed E-state index contributed by atoms with van der Waals surface area (Å²) in [6, 6.07) is 16.5. The molecule has 5 rings (SSSR count). The third-order valence-corrected chi connectivity index (χ3v) is 6.28. The minimum absolute atomic E-state index is 0.128. The monoisotopic (exact) mass is 386 g/mol. The van der Waals surface area contributed by atoms with Crippen molar-refractivity contribution >= 4 is 39.0 Å². The number of fused-ring (bicyclic) bond motifs is 4. The number of carbonyl (C=O) groups is 1. The first kappa shape index (κ1) is 18.1. The zero-order chi connectivity index (χ0) is 19.8. The van der Waals surface area contributed by atoms with E-state index in [1.807, 2.05) is 36.4 Å². The van der Waals surface area contributed by atoms with Gasteiger partial charge in [-0.1, -0.05) is 50.1 Å². The van der Waals surface area contributed by atoms with Crippen LogP contribution in [0.1, 0.15) is 39.0 Å². The fraction of sp³-hybridized carbons (Fsp3) is 0.375. The highest BCUT2D eigenvalue weighted by Gasteiger charge is 2.23. The van der Waals surface area contributed by atoms with Crippen molar-refractivity contribution in [2.75, 3.05) is 0 Å². The van der Waals surface area contributed by atoms with Gasteiger partial charge in [0.1, 0.15) is 5.52 Å². The lowest BCUT2D eigenvalue weighted by atomic mass is 9.86. The van der Waals surface area contributed by atoms with Gasteiger partial charge >= 0.3 is 0 Å². The number of aryl methyl sites for hydroxylation is 1. The molecule has 2 aromatic heterocycles. The number of nitrogens with one attached hydrogen (secondary N) is 1. The fourth-order valence-electron chi connectivity index (χ4n) is 4.63. The van der Waals surface area contributed by atoms with Gasteiger partial charge in [0.15, 0.2) is 5.65 Å². The molecule has 29 heavy (non-hydrogen) atoms. The van der Waals surface area contributed by atoms with E-state index in [0.29, 0.717) is 24.9 Å². The Labute approximate surface area is 170 Å². The van der Waals surface area contributed by atoms with Gasteiger partial charge in [-0.2, -0.15) is 0 Å². The Morgan fingerprint density at radius 1 is 1.03 bits per heavy atom. The molecule has 0 aliphatic heterocycles. The van der Waals surface area contributed by atoms with Gasteiger partial charge in [-0.25, -0.2) is 9.97 Å². The highest BCUT2D eigenvalue weighted by Crippen LogP contribution is 2.28. The predicted octanol–water partition coefficient (Wildman–Crippen LogP) is 4.82. The molecule has 1 amide bonds. The van der Waals surface area contributed by atoms with Crippen LogP contribution in [0.25, 0.3) is 33.1 Å². The van der Waals surface area contributed by atoms with Gasteiger partial charge in [-0.3, -0.25) is 4.79 Å². The molecular formula is C24H26N4O. The number of hydrogen-bond acceptors (Lipinski definition) is 3. The molecule has 2 heterocycles. The summed E-state index contributed by atoms with van der Waals surface area (Å²) >= 11 is 0. The average Bonchev–Trinajstić information content (AvgIpc) is 3.05. The molecule has 0 spiro atoms. The van der Waals surface area contributed by atoms with Gasteiger partial charge in [0.25, 0.3) is 0 Å². The lowest BCUT2D eigenvalue weighted by Crippen LogP contribution is -2.41. The summed E-state index contributed by atoms with van der Waals surface area (Å²) < 4.78 is 2.15. The molecule has 1 fully saturated rings. The Morgan fingerprint density at radius 3 is 2.59 bits per heavy atom. The van der Waals surface area contributed by atoms with Crippen molar-refractivity contribution in [3.63, 3.8) is 0 Å². The second-order valence-corrected chi connectivity index (χ2v) is 8.24. The van der Waals surface area contributed by atoms with Crippen LogP contribution in [0.4, 0.5) is 0 Å². The second kappa shape index (κ2) is 7.47. The van der Waals surface area contributed by atoms with Crippen molar-refractivity contribution in [2.45, 2.75) is 51.6 Å². The van der Waals surface area contributed by atoms with Crippen LogP contribution in [-0.2, 0) is 11.3 Å².